The highest BCUT2D eigenvalue weighted by molar-refractivity contribution is 5.80. The fourth-order valence-electron chi connectivity index (χ4n) is 4.15. The first-order valence-electron chi connectivity index (χ1n) is 9.63. The summed E-state index contributed by atoms with van der Waals surface area (Å²) in [6.07, 6.45) is 0. The van der Waals surface area contributed by atoms with E-state index in [0.29, 0.717) is 43.6 Å². The van der Waals surface area contributed by atoms with Crippen LogP contribution >= 0.6 is 0 Å². The number of methoxy groups -OCH3 is 1. The second-order valence-corrected chi connectivity index (χ2v) is 7.79. The third-order valence-electron chi connectivity index (χ3n) is 5.65. The first-order valence-corrected chi connectivity index (χ1v) is 9.63. The van der Waals surface area contributed by atoms with Crippen LogP contribution in [0.5, 0.6) is 5.75 Å². The van der Waals surface area contributed by atoms with Gasteiger partial charge < -0.3 is 23.8 Å². The number of hydrogen-bond donors (Lipinski definition) is 0. The SMILES string of the molecule is COCC(=O)N1CC(c2nc(C)no2)C2(C1)CN(C(=O)COc1ccc(F)cc1)C2. The lowest BCUT2D eigenvalue weighted by Gasteiger charge is -2.49. The molecule has 2 fully saturated rings. The Morgan fingerprint density at radius 3 is 2.47 bits per heavy atom. The van der Waals surface area contributed by atoms with Crippen molar-refractivity contribution in [1.29, 1.82) is 0 Å². The lowest BCUT2D eigenvalue weighted by molar-refractivity contribution is -0.146. The maximum atomic E-state index is 13.0. The van der Waals surface area contributed by atoms with Gasteiger partial charge in [0.05, 0.1) is 5.92 Å². The number of amides is 2. The van der Waals surface area contributed by atoms with Gasteiger partial charge in [0.15, 0.2) is 12.4 Å². The lowest BCUT2D eigenvalue weighted by atomic mass is 9.71. The Kier molecular flexibility index (Phi) is 5.42. The minimum Gasteiger partial charge on any atom is -0.484 e. The third kappa shape index (κ3) is 3.87. The van der Waals surface area contributed by atoms with Gasteiger partial charge >= 0.3 is 0 Å². The van der Waals surface area contributed by atoms with Crippen molar-refractivity contribution in [2.75, 3.05) is 46.5 Å². The fraction of sp³-hybridized carbons (Fsp3) is 0.500. The van der Waals surface area contributed by atoms with E-state index in [1.54, 1.807) is 16.7 Å². The van der Waals surface area contributed by atoms with Crippen molar-refractivity contribution >= 4 is 11.8 Å². The lowest BCUT2D eigenvalue weighted by Crippen LogP contribution is -2.62. The first kappa shape index (κ1) is 20.3. The highest BCUT2D eigenvalue weighted by atomic mass is 19.1. The second kappa shape index (κ2) is 8.02. The number of carbonyl (C=O) groups is 2. The van der Waals surface area contributed by atoms with E-state index in [-0.39, 0.29) is 42.2 Å². The van der Waals surface area contributed by atoms with Crippen LogP contribution in [0.3, 0.4) is 0 Å². The van der Waals surface area contributed by atoms with Gasteiger partial charge in [-0.2, -0.15) is 4.98 Å². The number of benzene rings is 1. The van der Waals surface area contributed by atoms with Crippen LogP contribution in [0.1, 0.15) is 17.6 Å². The predicted octanol–water partition coefficient (Wildman–Crippen LogP) is 0.997. The summed E-state index contributed by atoms with van der Waals surface area (Å²) in [5.41, 5.74) is -0.339. The van der Waals surface area contributed by atoms with Crippen molar-refractivity contribution in [3.8, 4) is 5.75 Å². The first-order chi connectivity index (χ1) is 14.4. The maximum Gasteiger partial charge on any atom is 0.260 e. The van der Waals surface area contributed by atoms with Crippen LogP contribution < -0.4 is 4.74 Å². The number of aryl methyl sites for hydroxylation is 1. The van der Waals surface area contributed by atoms with Crippen molar-refractivity contribution in [3.05, 3.63) is 41.8 Å². The minimum absolute atomic E-state index is 0.000183. The smallest absolute Gasteiger partial charge is 0.260 e. The molecule has 2 amide bonds. The van der Waals surface area contributed by atoms with Gasteiger partial charge in [0, 0.05) is 38.7 Å². The van der Waals surface area contributed by atoms with Crippen LogP contribution in [0.25, 0.3) is 0 Å². The molecular formula is C20H23FN4O5. The Morgan fingerprint density at radius 1 is 1.17 bits per heavy atom. The van der Waals surface area contributed by atoms with E-state index in [9.17, 15) is 14.0 Å². The monoisotopic (exact) mass is 418 g/mol. The molecule has 3 heterocycles. The molecule has 0 N–H and O–H groups in total. The van der Waals surface area contributed by atoms with Crippen molar-refractivity contribution < 1.29 is 28.0 Å². The summed E-state index contributed by atoms with van der Waals surface area (Å²) < 4.78 is 28.8. The highest BCUT2D eigenvalue weighted by Gasteiger charge is 2.58. The van der Waals surface area contributed by atoms with E-state index >= 15 is 0 Å². The largest absolute Gasteiger partial charge is 0.484 e. The zero-order valence-electron chi connectivity index (χ0n) is 16.8. The molecule has 4 rings (SSSR count). The molecular weight excluding hydrogens is 395 g/mol. The Morgan fingerprint density at radius 2 is 1.83 bits per heavy atom. The number of halogens is 1. The van der Waals surface area contributed by atoms with Gasteiger partial charge in [-0.1, -0.05) is 5.16 Å². The molecule has 1 spiro atoms. The Labute approximate surface area is 172 Å². The molecule has 1 aromatic heterocycles. The number of likely N-dealkylation sites (tertiary alicyclic amines) is 2. The van der Waals surface area contributed by atoms with E-state index in [1.807, 2.05) is 0 Å². The molecule has 0 saturated carbocycles. The number of carbonyl (C=O) groups excluding carboxylic acids is 2. The molecule has 0 bridgehead atoms. The number of aromatic nitrogens is 2. The van der Waals surface area contributed by atoms with Crippen LogP contribution in [0.4, 0.5) is 4.39 Å². The average Bonchev–Trinajstić information content (AvgIpc) is 3.30. The van der Waals surface area contributed by atoms with Gasteiger partial charge in [-0.25, -0.2) is 4.39 Å². The van der Waals surface area contributed by atoms with Crippen molar-refractivity contribution in [2.24, 2.45) is 5.41 Å². The molecule has 160 valence electrons. The van der Waals surface area contributed by atoms with E-state index in [2.05, 4.69) is 10.1 Å². The number of nitrogens with zero attached hydrogens (tertiary/aromatic N) is 4. The summed E-state index contributed by atoms with van der Waals surface area (Å²) in [7, 11) is 1.48. The Hall–Kier alpha value is -3.01. The molecule has 9 nitrogen and oxygen atoms in total. The molecule has 10 heteroatoms. The van der Waals surface area contributed by atoms with Crippen LogP contribution in [0, 0.1) is 18.2 Å². The summed E-state index contributed by atoms with van der Waals surface area (Å²) in [5, 5.41) is 3.87. The average molecular weight is 418 g/mol. The maximum absolute atomic E-state index is 13.0. The van der Waals surface area contributed by atoms with E-state index in [0.717, 1.165) is 0 Å². The van der Waals surface area contributed by atoms with Crippen molar-refractivity contribution in [3.63, 3.8) is 0 Å². The van der Waals surface area contributed by atoms with E-state index < -0.39 is 0 Å². The summed E-state index contributed by atoms with van der Waals surface area (Å²) in [5.74, 6) is 0.635. The van der Waals surface area contributed by atoms with E-state index in [1.165, 1.54) is 31.4 Å². The Balaban J connectivity index is 1.41. The topological polar surface area (TPSA) is 98.0 Å². The summed E-state index contributed by atoms with van der Waals surface area (Å²) >= 11 is 0. The predicted molar refractivity (Wildman–Crippen MR) is 101 cm³/mol. The summed E-state index contributed by atoms with van der Waals surface area (Å²) in [4.78, 5) is 32.7. The zero-order valence-corrected chi connectivity index (χ0v) is 16.8. The molecule has 1 atom stereocenters. The molecule has 30 heavy (non-hydrogen) atoms. The van der Waals surface area contributed by atoms with Crippen molar-refractivity contribution in [2.45, 2.75) is 12.8 Å². The second-order valence-electron chi connectivity index (χ2n) is 7.79. The normalized spacial score (nSPS) is 19.8. The van der Waals surface area contributed by atoms with E-state index in [4.69, 9.17) is 14.0 Å². The molecule has 0 radical (unpaired) electrons. The quantitative estimate of drug-likeness (QED) is 0.690. The minimum atomic E-state index is -0.366. The molecule has 1 aromatic carbocycles. The molecule has 2 saturated heterocycles. The highest BCUT2D eigenvalue weighted by Crippen LogP contribution is 2.48. The molecule has 2 aromatic rings. The summed E-state index contributed by atoms with van der Waals surface area (Å²) in [6.45, 7) is 3.45. The van der Waals surface area contributed by atoms with Crippen LogP contribution in [0.15, 0.2) is 28.8 Å². The van der Waals surface area contributed by atoms with Crippen LogP contribution in [-0.2, 0) is 14.3 Å². The molecule has 2 aliphatic rings. The van der Waals surface area contributed by atoms with Crippen LogP contribution in [0.2, 0.25) is 0 Å². The van der Waals surface area contributed by atoms with Gasteiger partial charge in [0.25, 0.3) is 5.91 Å². The molecule has 0 aliphatic carbocycles. The Bertz CT molecular complexity index is 926. The van der Waals surface area contributed by atoms with Crippen LogP contribution in [-0.4, -0.2) is 78.3 Å². The van der Waals surface area contributed by atoms with Gasteiger partial charge in [-0.05, 0) is 31.2 Å². The van der Waals surface area contributed by atoms with Gasteiger partial charge in [-0.3, -0.25) is 9.59 Å². The molecule has 2 aliphatic heterocycles. The van der Waals surface area contributed by atoms with Gasteiger partial charge in [0.1, 0.15) is 18.2 Å². The number of hydrogen-bond acceptors (Lipinski definition) is 7. The molecule has 1 unspecified atom stereocenters. The fourth-order valence-corrected chi connectivity index (χ4v) is 4.15. The third-order valence-corrected chi connectivity index (χ3v) is 5.65. The summed E-state index contributed by atoms with van der Waals surface area (Å²) in [6, 6.07) is 5.51. The number of ether oxygens (including phenoxy) is 2. The number of rotatable bonds is 6. The standard InChI is InChI=1S/C20H23FN4O5/c1-13-22-19(30-23-13)16-7-24(17(26)8-28-2)10-20(16)11-25(12-20)18(27)9-29-15-5-3-14(21)4-6-15/h3-6,16H,7-12H2,1-2H3. The van der Waals surface area contributed by atoms with Crippen molar-refractivity contribution in [1.82, 2.24) is 19.9 Å². The van der Waals surface area contributed by atoms with Gasteiger partial charge in [0.2, 0.25) is 11.8 Å². The zero-order chi connectivity index (χ0) is 21.3. The van der Waals surface area contributed by atoms with Gasteiger partial charge in [-0.15, -0.1) is 0 Å².